The number of rotatable bonds is 6. The highest BCUT2D eigenvalue weighted by molar-refractivity contribution is 6.04. The molecule has 0 bridgehead atoms. The van der Waals surface area contributed by atoms with Crippen LogP contribution in [0.3, 0.4) is 0 Å². The van der Waals surface area contributed by atoms with Gasteiger partial charge in [0.1, 0.15) is 17.5 Å². The van der Waals surface area contributed by atoms with Crippen molar-refractivity contribution in [2.75, 3.05) is 35.8 Å². The highest BCUT2D eigenvalue weighted by Crippen LogP contribution is 2.37. The molecular weight excluding hydrogens is 394 g/mol. The Labute approximate surface area is 180 Å². The number of aromatic nitrogens is 4. The van der Waals surface area contributed by atoms with E-state index in [1.54, 1.807) is 25.3 Å². The highest BCUT2D eigenvalue weighted by atomic mass is 16.5. The SMILES string of the molecule is COc1cccc(Cn2cc(CNc3ncc4c(n3)N3CCCC3C(=O)N4C)cn2)c1. The molecular formula is C22H25N7O2. The Kier molecular flexibility index (Phi) is 4.93. The van der Waals surface area contributed by atoms with Crippen LogP contribution >= 0.6 is 0 Å². The van der Waals surface area contributed by atoms with E-state index in [1.807, 2.05) is 35.3 Å². The summed E-state index contributed by atoms with van der Waals surface area (Å²) in [4.78, 5) is 25.4. The van der Waals surface area contributed by atoms with Gasteiger partial charge in [0, 0.05) is 31.9 Å². The molecule has 1 N–H and O–H groups in total. The molecule has 2 aliphatic heterocycles. The predicted molar refractivity (Wildman–Crippen MR) is 117 cm³/mol. The van der Waals surface area contributed by atoms with E-state index in [-0.39, 0.29) is 11.9 Å². The zero-order valence-electron chi connectivity index (χ0n) is 17.7. The zero-order chi connectivity index (χ0) is 21.4. The molecule has 1 saturated heterocycles. The molecule has 0 spiro atoms. The first-order chi connectivity index (χ1) is 15.1. The van der Waals surface area contributed by atoms with Gasteiger partial charge in [0.05, 0.1) is 26.0 Å². The standard InChI is InChI=1S/C22H25N7O2/c1-27-19-12-24-22(26-20(19)29-8-4-7-18(29)21(27)30)23-10-16-11-25-28(14-16)13-15-5-3-6-17(9-15)31-2/h3,5-6,9,11-12,14,18H,4,7-8,10,13H2,1-2H3,(H,23,24,26). The average Bonchev–Trinajstić information content (AvgIpc) is 3.46. The van der Waals surface area contributed by atoms with Crippen molar-refractivity contribution in [3.8, 4) is 5.75 Å². The summed E-state index contributed by atoms with van der Waals surface area (Å²) in [6.07, 6.45) is 7.45. The summed E-state index contributed by atoms with van der Waals surface area (Å²) in [6.45, 7) is 2.09. The maximum atomic E-state index is 12.5. The number of ether oxygens (including phenoxy) is 1. The molecule has 1 unspecified atom stereocenters. The van der Waals surface area contributed by atoms with Crippen LogP contribution in [0, 0.1) is 0 Å². The quantitative estimate of drug-likeness (QED) is 0.656. The molecule has 0 radical (unpaired) electrons. The second kappa shape index (κ2) is 7.90. The number of hydrogen-bond acceptors (Lipinski definition) is 7. The lowest BCUT2D eigenvalue weighted by atomic mass is 10.1. The maximum Gasteiger partial charge on any atom is 0.249 e. The second-order valence-electron chi connectivity index (χ2n) is 7.90. The Morgan fingerprint density at radius 1 is 1.26 bits per heavy atom. The Morgan fingerprint density at radius 2 is 2.16 bits per heavy atom. The van der Waals surface area contributed by atoms with Gasteiger partial charge in [0.2, 0.25) is 11.9 Å². The molecule has 9 heteroatoms. The molecule has 31 heavy (non-hydrogen) atoms. The van der Waals surface area contributed by atoms with Gasteiger partial charge in [-0.2, -0.15) is 10.1 Å². The number of amides is 1. The number of methoxy groups -OCH3 is 1. The van der Waals surface area contributed by atoms with Gasteiger partial charge >= 0.3 is 0 Å². The normalized spacial score (nSPS) is 17.5. The van der Waals surface area contributed by atoms with Gasteiger partial charge in [-0.25, -0.2) is 4.98 Å². The van der Waals surface area contributed by atoms with Gasteiger partial charge in [-0.15, -0.1) is 0 Å². The largest absolute Gasteiger partial charge is 0.497 e. The van der Waals surface area contributed by atoms with Crippen LogP contribution in [0.25, 0.3) is 0 Å². The average molecular weight is 419 g/mol. The van der Waals surface area contributed by atoms with E-state index in [0.717, 1.165) is 47.8 Å². The first-order valence-corrected chi connectivity index (χ1v) is 10.4. The minimum atomic E-state index is -0.102. The zero-order valence-corrected chi connectivity index (χ0v) is 17.7. The number of hydrogen-bond donors (Lipinski definition) is 1. The number of carbonyl (C=O) groups is 1. The van der Waals surface area contributed by atoms with Crippen LogP contribution in [-0.4, -0.2) is 52.4 Å². The van der Waals surface area contributed by atoms with Gasteiger partial charge < -0.3 is 19.9 Å². The summed E-state index contributed by atoms with van der Waals surface area (Å²) >= 11 is 0. The summed E-state index contributed by atoms with van der Waals surface area (Å²) in [5.41, 5.74) is 2.93. The van der Waals surface area contributed by atoms with Gasteiger partial charge in [0.15, 0.2) is 5.82 Å². The number of carbonyl (C=O) groups excluding carboxylic acids is 1. The monoisotopic (exact) mass is 419 g/mol. The Hall–Kier alpha value is -3.62. The summed E-state index contributed by atoms with van der Waals surface area (Å²) in [5.74, 6) is 2.34. The van der Waals surface area contributed by atoms with Crippen LogP contribution in [-0.2, 0) is 17.9 Å². The summed E-state index contributed by atoms with van der Waals surface area (Å²) in [5, 5.41) is 7.74. The second-order valence-corrected chi connectivity index (χ2v) is 7.90. The van der Waals surface area contributed by atoms with Crippen LogP contribution in [0.5, 0.6) is 5.75 Å². The molecule has 1 aromatic carbocycles. The number of likely N-dealkylation sites (N-methyl/N-ethyl adjacent to an activating group) is 1. The lowest BCUT2D eigenvalue weighted by Crippen LogP contribution is -2.49. The Bertz CT molecular complexity index is 1110. The first-order valence-electron chi connectivity index (χ1n) is 10.4. The van der Waals surface area contributed by atoms with Crippen molar-refractivity contribution in [1.29, 1.82) is 0 Å². The highest BCUT2D eigenvalue weighted by Gasteiger charge is 2.40. The summed E-state index contributed by atoms with van der Waals surface area (Å²) in [6, 6.07) is 7.86. The first kappa shape index (κ1) is 19.3. The van der Waals surface area contributed by atoms with E-state index in [2.05, 4.69) is 26.4 Å². The van der Waals surface area contributed by atoms with Crippen LogP contribution in [0.1, 0.15) is 24.0 Å². The van der Waals surface area contributed by atoms with E-state index in [0.29, 0.717) is 19.0 Å². The minimum Gasteiger partial charge on any atom is -0.497 e. The minimum absolute atomic E-state index is 0.102. The van der Waals surface area contributed by atoms with E-state index in [4.69, 9.17) is 9.72 Å². The topological polar surface area (TPSA) is 88.4 Å². The van der Waals surface area contributed by atoms with Crippen molar-refractivity contribution >= 4 is 23.4 Å². The molecule has 5 rings (SSSR count). The predicted octanol–water partition coefficient (Wildman–Crippen LogP) is 2.29. The van der Waals surface area contributed by atoms with Crippen LogP contribution in [0.2, 0.25) is 0 Å². The van der Waals surface area contributed by atoms with Crippen molar-refractivity contribution in [2.45, 2.75) is 32.0 Å². The molecule has 160 valence electrons. The molecule has 4 heterocycles. The fourth-order valence-electron chi connectivity index (χ4n) is 4.24. The van der Waals surface area contributed by atoms with Crippen LogP contribution in [0.15, 0.2) is 42.9 Å². The molecule has 9 nitrogen and oxygen atoms in total. The smallest absolute Gasteiger partial charge is 0.249 e. The molecule has 2 aliphatic rings. The molecule has 1 fully saturated rings. The Morgan fingerprint density at radius 3 is 3.03 bits per heavy atom. The van der Waals surface area contributed by atoms with Gasteiger partial charge in [-0.1, -0.05) is 12.1 Å². The van der Waals surface area contributed by atoms with Crippen LogP contribution < -0.4 is 19.9 Å². The third-order valence-corrected chi connectivity index (χ3v) is 5.87. The molecule has 1 amide bonds. The van der Waals surface area contributed by atoms with Crippen molar-refractivity contribution in [3.63, 3.8) is 0 Å². The van der Waals surface area contributed by atoms with Crippen LogP contribution in [0.4, 0.5) is 17.5 Å². The van der Waals surface area contributed by atoms with Gasteiger partial charge in [-0.3, -0.25) is 9.48 Å². The fourth-order valence-corrected chi connectivity index (χ4v) is 4.24. The van der Waals surface area contributed by atoms with E-state index >= 15 is 0 Å². The number of anilines is 3. The molecule has 0 saturated carbocycles. The van der Waals surface area contributed by atoms with Crippen molar-refractivity contribution < 1.29 is 9.53 Å². The third kappa shape index (κ3) is 3.67. The maximum absolute atomic E-state index is 12.5. The molecule has 0 aliphatic carbocycles. The molecule has 3 aromatic rings. The van der Waals surface area contributed by atoms with Gasteiger partial charge in [0.25, 0.3) is 0 Å². The molecule has 1 atom stereocenters. The number of nitrogens with zero attached hydrogens (tertiary/aromatic N) is 6. The number of nitrogens with one attached hydrogen (secondary N) is 1. The van der Waals surface area contributed by atoms with E-state index < -0.39 is 0 Å². The fraction of sp³-hybridized carbons (Fsp3) is 0.364. The third-order valence-electron chi connectivity index (χ3n) is 5.87. The lowest BCUT2D eigenvalue weighted by molar-refractivity contribution is -0.119. The lowest BCUT2D eigenvalue weighted by Gasteiger charge is -2.36. The number of benzene rings is 1. The number of fused-ring (bicyclic) bond motifs is 3. The summed E-state index contributed by atoms with van der Waals surface area (Å²) in [7, 11) is 3.46. The Balaban J connectivity index is 1.27. The van der Waals surface area contributed by atoms with E-state index in [9.17, 15) is 4.79 Å². The van der Waals surface area contributed by atoms with Gasteiger partial charge in [-0.05, 0) is 30.5 Å². The van der Waals surface area contributed by atoms with E-state index in [1.165, 1.54) is 0 Å². The van der Waals surface area contributed by atoms with Crippen molar-refractivity contribution in [3.05, 3.63) is 54.0 Å². The van der Waals surface area contributed by atoms with Crippen molar-refractivity contribution in [1.82, 2.24) is 19.7 Å². The summed E-state index contributed by atoms with van der Waals surface area (Å²) < 4.78 is 7.18. The molecule has 2 aromatic heterocycles. The van der Waals surface area contributed by atoms with Crippen molar-refractivity contribution in [2.24, 2.45) is 0 Å².